The summed E-state index contributed by atoms with van der Waals surface area (Å²) in [4.78, 5) is 18.1. The van der Waals surface area contributed by atoms with Gasteiger partial charge in [-0.05, 0) is 30.5 Å². The second-order valence-corrected chi connectivity index (χ2v) is 6.04. The van der Waals surface area contributed by atoms with E-state index in [1.165, 1.54) is 7.11 Å². The smallest absolute Gasteiger partial charge is 0.322 e. The Balaban J connectivity index is 1.68. The number of methoxy groups -OCH3 is 1. The molecule has 126 valence electrons. The van der Waals surface area contributed by atoms with Gasteiger partial charge < -0.3 is 20.1 Å². The number of hydrogen-bond acceptors (Lipinski definition) is 4. The fourth-order valence-electron chi connectivity index (χ4n) is 3.06. The highest BCUT2D eigenvalue weighted by Crippen LogP contribution is 2.34. The van der Waals surface area contributed by atoms with Gasteiger partial charge in [0.05, 0.1) is 25.5 Å². The third-order valence-electron chi connectivity index (χ3n) is 4.38. The topological polar surface area (TPSA) is 74.7 Å². The minimum Gasteiger partial charge on any atom is -0.481 e. The summed E-state index contributed by atoms with van der Waals surface area (Å²) in [6, 6.07) is 10.9. The van der Waals surface area contributed by atoms with Crippen LogP contribution in [0, 0.1) is 6.92 Å². The zero-order valence-electron chi connectivity index (χ0n) is 13.8. The third-order valence-corrected chi connectivity index (χ3v) is 4.38. The Labute approximate surface area is 141 Å². The second kappa shape index (κ2) is 6.49. The minimum atomic E-state index is -0.999. The number of urea groups is 1. The number of ether oxygens (including phenoxy) is 1. The summed E-state index contributed by atoms with van der Waals surface area (Å²) < 4.78 is 4.99. The van der Waals surface area contributed by atoms with Crippen LogP contribution in [0.4, 0.5) is 10.5 Å². The van der Waals surface area contributed by atoms with Gasteiger partial charge in [-0.1, -0.05) is 24.3 Å². The number of benzene rings is 1. The van der Waals surface area contributed by atoms with E-state index in [1.54, 1.807) is 23.2 Å². The Bertz CT molecular complexity index is 733. The molecule has 1 aromatic heterocycles. The number of hydrogen-bond donors (Lipinski definition) is 2. The van der Waals surface area contributed by atoms with Crippen LogP contribution >= 0.6 is 0 Å². The molecule has 1 saturated heterocycles. The van der Waals surface area contributed by atoms with E-state index in [0.29, 0.717) is 24.5 Å². The quantitative estimate of drug-likeness (QED) is 0.908. The molecule has 6 heteroatoms. The van der Waals surface area contributed by atoms with Crippen LogP contribution < -0.4 is 10.1 Å². The third kappa shape index (κ3) is 3.19. The number of carbonyl (C=O) groups excluding carboxylic acids is 1. The molecule has 0 unspecified atom stereocenters. The van der Waals surface area contributed by atoms with Crippen molar-refractivity contribution in [2.45, 2.75) is 18.9 Å². The standard InChI is InChI=1S/C18H21N3O3/c1-13-5-3-4-6-15(13)18(23)9-10-21(12-18)17(22)20-14-7-8-16(24-2)19-11-14/h3-8,11,23H,9-10,12H2,1-2H3,(H,20,22)/t18-/m1/s1. The first-order chi connectivity index (χ1) is 11.5. The number of nitrogens with one attached hydrogen (secondary N) is 1. The van der Waals surface area contributed by atoms with Crippen molar-refractivity contribution in [1.29, 1.82) is 0 Å². The lowest BCUT2D eigenvalue weighted by Gasteiger charge is -2.25. The molecule has 1 aromatic carbocycles. The summed E-state index contributed by atoms with van der Waals surface area (Å²) in [5.41, 5.74) is 1.50. The Kier molecular flexibility index (Phi) is 4.40. The van der Waals surface area contributed by atoms with Gasteiger partial charge in [0.15, 0.2) is 0 Å². The van der Waals surface area contributed by atoms with E-state index < -0.39 is 5.60 Å². The summed E-state index contributed by atoms with van der Waals surface area (Å²) in [6.45, 7) is 2.74. The number of nitrogens with zero attached hydrogens (tertiary/aromatic N) is 2. The fraction of sp³-hybridized carbons (Fsp3) is 0.333. The largest absolute Gasteiger partial charge is 0.481 e. The number of β-amino-alcohol motifs (C(OH)–C–C–N with tert-alkyl or cyclic N) is 1. The molecule has 0 aliphatic carbocycles. The SMILES string of the molecule is COc1ccc(NC(=O)N2CC[C@](O)(c3ccccc3C)C2)cn1. The predicted molar refractivity (Wildman–Crippen MR) is 91.1 cm³/mol. The van der Waals surface area contributed by atoms with Crippen LogP contribution in [-0.4, -0.2) is 41.2 Å². The molecule has 0 bridgehead atoms. The molecule has 0 radical (unpaired) electrons. The maximum absolute atomic E-state index is 12.4. The predicted octanol–water partition coefficient (Wildman–Crippen LogP) is 2.52. The molecule has 0 spiro atoms. The van der Waals surface area contributed by atoms with Gasteiger partial charge in [0.1, 0.15) is 5.60 Å². The molecule has 2 heterocycles. The molecular formula is C18H21N3O3. The number of aromatic nitrogens is 1. The fourth-order valence-corrected chi connectivity index (χ4v) is 3.06. The highest BCUT2D eigenvalue weighted by atomic mass is 16.5. The molecular weight excluding hydrogens is 306 g/mol. The van der Waals surface area contributed by atoms with Crippen LogP contribution in [0.3, 0.4) is 0 Å². The van der Waals surface area contributed by atoms with Crippen LogP contribution in [0.2, 0.25) is 0 Å². The van der Waals surface area contributed by atoms with E-state index in [0.717, 1.165) is 11.1 Å². The molecule has 0 saturated carbocycles. The lowest BCUT2D eigenvalue weighted by Crippen LogP contribution is -2.37. The number of aryl methyl sites for hydroxylation is 1. The molecule has 1 fully saturated rings. The minimum absolute atomic E-state index is 0.244. The zero-order valence-corrected chi connectivity index (χ0v) is 13.8. The van der Waals surface area contributed by atoms with E-state index in [4.69, 9.17) is 4.74 Å². The molecule has 6 nitrogen and oxygen atoms in total. The summed E-state index contributed by atoms with van der Waals surface area (Å²) >= 11 is 0. The lowest BCUT2D eigenvalue weighted by atomic mass is 9.89. The van der Waals surface area contributed by atoms with Gasteiger partial charge in [0, 0.05) is 12.6 Å². The van der Waals surface area contributed by atoms with Crippen molar-refractivity contribution in [3.63, 3.8) is 0 Å². The molecule has 2 N–H and O–H groups in total. The van der Waals surface area contributed by atoms with Crippen molar-refractivity contribution < 1.29 is 14.6 Å². The highest BCUT2D eigenvalue weighted by molar-refractivity contribution is 5.89. The van der Waals surface area contributed by atoms with Gasteiger partial charge in [-0.25, -0.2) is 9.78 Å². The molecule has 24 heavy (non-hydrogen) atoms. The Morgan fingerprint density at radius 1 is 1.33 bits per heavy atom. The summed E-state index contributed by atoms with van der Waals surface area (Å²) in [7, 11) is 1.54. The summed E-state index contributed by atoms with van der Waals surface area (Å²) in [5.74, 6) is 0.489. The second-order valence-electron chi connectivity index (χ2n) is 6.04. The van der Waals surface area contributed by atoms with E-state index >= 15 is 0 Å². The van der Waals surface area contributed by atoms with Crippen molar-refractivity contribution in [3.05, 3.63) is 53.7 Å². The molecule has 1 aliphatic rings. The van der Waals surface area contributed by atoms with Crippen molar-refractivity contribution >= 4 is 11.7 Å². The van der Waals surface area contributed by atoms with E-state index in [-0.39, 0.29) is 12.6 Å². The summed E-state index contributed by atoms with van der Waals surface area (Å²) in [6.07, 6.45) is 2.06. The maximum Gasteiger partial charge on any atom is 0.322 e. The van der Waals surface area contributed by atoms with Crippen LogP contribution in [0.25, 0.3) is 0 Å². The summed E-state index contributed by atoms with van der Waals surface area (Å²) in [5, 5.41) is 13.7. The molecule has 2 aromatic rings. The molecule has 1 atom stereocenters. The highest BCUT2D eigenvalue weighted by Gasteiger charge is 2.40. The number of carbonyl (C=O) groups is 1. The molecule has 2 amide bonds. The number of anilines is 1. The first-order valence-electron chi connectivity index (χ1n) is 7.86. The molecule has 3 rings (SSSR count). The van der Waals surface area contributed by atoms with Crippen molar-refractivity contribution in [2.24, 2.45) is 0 Å². The first-order valence-corrected chi connectivity index (χ1v) is 7.86. The maximum atomic E-state index is 12.4. The Hall–Kier alpha value is -2.60. The zero-order chi connectivity index (χ0) is 17.2. The van der Waals surface area contributed by atoms with Gasteiger partial charge in [-0.15, -0.1) is 0 Å². The Morgan fingerprint density at radius 3 is 2.79 bits per heavy atom. The lowest BCUT2D eigenvalue weighted by molar-refractivity contribution is 0.0494. The van der Waals surface area contributed by atoms with Gasteiger partial charge in [-0.2, -0.15) is 0 Å². The van der Waals surface area contributed by atoms with Crippen molar-refractivity contribution in [1.82, 2.24) is 9.88 Å². The number of rotatable bonds is 3. The van der Waals surface area contributed by atoms with Gasteiger partial charge >= 0.3 is 6.03 Å². The Morgan fingerprint density at radius 2 is 2.12 bits per heavy atom. The normalized spacial score (nSPS) is 20.0. The van der Waals surface area contributed by atoms with Crippen LogP contribution in [-0.2, 0) is 5.60 Å². The number of pyridine rings is 1. The van der Waals surface area contributed by atoms with E-state index in [2.05, 4.69) is 10.3 Å². The van der Waals surface area contributed by atoms with Gasteiger partial charge in [0.2, 0.25) is 5.88 Å². The average Bonchev–Trinajstić information content (AvgIpc) is 2.99. The number of aliphatic hydroxyl groups is 1. The van der Waals surface area contributed by atoms with Crippen molar-refractivity contribution in [3.8, 4) is 5.88 Å². The van der Waals surface area contributed by atoms with E-state index in [1.807, 2.05) is 31.2 Å². The first kappa shape index (κ1) is 16.3. The van der Waals surface area contributed by atoms with Gasteiger partial charge in [0.25, 0.3) is 0 Å². The average molecular weight is 327 g/mol. The molecule has 1 aliphatic heterocycles. The van der Waals surface area contributed by atoms with Crippen LogP contribution in [0.5, 0.6) is 5.88 Å². The van der Waals surface area contributed by atoms with Crippen LogP contribution in [0.1, 0.15) is 17.5 Å². The monoisotopic (exact) mass is 327 g/mol. The van der Waals surface area contributed by atoms with Crippen LogP contribution in [0.15, 0.2) is 42.6 Å². The number of amides is 2. The van der Waals surface area contributed by atoms with Gasteiger partial charge in [-0.3, -0.25) is 0 Å². The number of likely N-dealkylation sites (tertiary alicyclic amines) is 1. The van der Waals surface area contributed by atoms with E-state index in [9.17, 15) is 9.90 Å². The van der Waals surface area contributed by atoms with Crippen molar-refractivity contribution in [2.75, 3.05) is 25.5 Å².